The van der Waals surface area contributed by atoms with Crippen LogP contribution in [0.25, 0.3) is 11.1 Å². The van der Waals surface area contributed by atoms with Crippen molar-refractivity contribution in [2.24, 2.45) is 0 Å². The van der Waals surface area contributed by atoms with Gasteiger partial charge in [-0.3, -0.25) is 0 Å². The maximum atomic E-state index is 3.98. The minimum Gasteiger partial charge on any atom is -0.356 e. The van der Waals surface area contributed by atoms with Crippen molar-refractivity contribution in [1.82, 2.24) is 0 Å². The monoisotopic (exact) mass is 493 g/mol. The summed E-state index contributed by atoms with van der Waals surface area (Å²) >= 11 is 3.75. The Morgan fingerprint density at radius 1 is 0.636 bits per heavy atom. The number of para-hydroxylation sites is 2. The fraction of sp³-hybridized carbons (Fsp3) is 0.0968. The highest BCUT2D eigenvalue weighted by atomic mass is 79.9. The first-order valence-electron chi connectivity index (χ1n) is 11.2. The molecule has 1 N–H and O–H groups in total. The molecule has 4 aromatic rings. The van der Waals surface area contributed by atoms with Crippen LogP contribution in [-0.2, 0) is 5.41 Å². The third kappa shape index (κ3) is 4.72. The quantitative estimate of drug-likeness (QED) is 0.263. The molecule has 1 aliphatic carbocycles. The molecule has 0 unspecified atom stereocenters. The van der Waals surface area contributed by atoms with Crippen molar-refractivity contribution in [3.8, 4) is 11.1 Å². The van der Waals surface area contributed by atoms with E-state index in [1.54, 1.807) is 0 Å². The van der Waals surface area contributed by atoms with Crippen LogP contribution in [0.1, 0.15) is 24.0 Å². The molecule has 0 radical (unpaired) electrons. The Morgan fingerprint density at radius 3 is 1.73 bits per heavy atom. The molecule has 0 aliphatic heterocycles. The summed E-state index contributed by atoms with van der Waals surface area (Å²) in [5.74, 6) is 0. The van der Waals surface area contributed by atoms with Crippen LogP contribution in [0.2, 0.25) is 0 Å². The van der Waals surface area contributed by atoms with Crippen LogP contribution in [0, 0.1) is 0 Å². The molecule has 0 aromatic heterocycles. The van der Waals surface area contributed by atoms with E-state index in [1.807, 2.05) is 72.8 Å². The molecule has 1 nitrogen and oxygen atoms in total. The number of nitrogens with one attached hydrogen (secondary N) is 1. The maximum absolute atomic E-state index is 3.98. The van der Waals surface area contributed by atoms with E-state index in [0.717, 1.165) is 24.2 Å². The summed E-state index contributed by atoms with van der Waals surface area (Å²) in [6.07, 6.45) is 5.89. The zero-order valence-electron chi connectivity index (χ0n) is 18.7. The van der Waals surface area contributed by atoms with E-state index < -0.39 is 0 Å². The van der Waals surface area contributed by atoms with Crippen LogP contribution in [0.4, 0.5) is 11.4 Å². The lowest BCUT2D eigenvalue weighted by atomic mass is 9.73. The second-order valence-corrected chi connectivity index (χ2v) is 8.99. The molecule has 0 heterocycles. The number of hydrogen-bond donors (Lipinski definition) is 1. The predicted molar refractivity (Wildman–Crippen MR) is 146 cm³/mol. The zero-order chi connectivity index (χ0) is 23.1. The van der Waals surface area contributed by atoms with Gasteiger partial charge >= 0.3 is 0 Å². The Hall–Kier alpha value is -3.36. The molecule has 0 amide bonds. The molecule has 0 fully saturated rings. The molecule has 0 saturated carbocycles. The lowest BCUT2D eigenvalue weighted by Crippen LogP contribution is -2.24. The van der Waals surface area contributed by atoms with E-state index in [1.165, 1.54) is 26.7 Å². The van der Waals surface area contributed by atoms with Gasteiger partial charge in [0, 0.05) is 21.3 Å². The van der Waals surface area contributed by atoms with Gasteiger partial charge in [0.05, 0.1) is 0 Å². The number of rotatable bonds is 6. The second kappa shape index (κ2) is 10.5. The lowest BCUT2D eigenvalue weighted by Gasteiger charge is -2.30. The van der Waals surface area contributed by atoms with Gasteiger partial charge in [-0.2, -0.15) is 0 Å². The molecular weight excluding hydrogens is 466 g/mol. The smallest absolute Gasteiger partial charge is 0.0384 e. The van der Waals surface area contributed by atoms with Gasteiger partial charge in [-0.05, 0) is 65.4 Å². The Balaban J connectivity index is 0.000000172. The van der Waals surface area contributed by atoms with Crippen LogP contribution in [0.3, 0.4) is 0 Å². The molecule has 33 heavy (non-hydrogen) atoms. The predicted octanol–water partition coefficient (Wildman–Crippen LogP) is 9.30. The highest BCUT2D eigenvalue weighted by molar-refractivity contribution is 9.10. The van der Waals surface area contributed by atoms with Crippen molar-refractivity contribution in [2.75, 3.05) is 5.32 Å². The van der Waals surface area contributed by atoms with Crippen molar-refractivity contribution in [1.29, 1.82) is 0 Å². The average molecular weight is 494 g/mol. The van der Waals surface area contributed by atoms with Gasteiger partial charge in [-0.15, -0.1) is 13.2 Å². The van der Waals surface area contributed by atoms with Crippen molar-refractivity contribution in [3.05, 3.63) is 144 Å². The summed E-state index contributed by atoms with van der Waals surface area (Å²) in [7, 11) is 0. The Labute approximate surface area is 205 Å². The maximum Gasteiger partial charge on any atom is 0.0384 e. The van der Waals surface area contributed by atoms with Crippen molar-refractivity contribution in [2.45, 2.75) is 18.3 Å². The fourth-order valence-electron chi connectivity index (χ4n) is 4.71. The zero-order valence-corrected chi connectivity index (χ0v) is 20.3. The van der Waals surface area contributed by atoms with Crippen LogP contribution in [-0.4, -0.2) is 0 Å². The van der Waals surface area contributed by atoms with E-state index in [4.69, 9.17) is 0 Å². The number of hydrogen-bond acceptors (Lipinski definition) is 1. The van der Waals surface area contributed by atoms with Gasteiger partial charge in [0.1, 0.15) is 0 Å². The molecule has 164 valence electrons. The molecule has 0 atom stereocenters. The van der Waals surface area contributed by atoms with Crippen LogP contribution in [0.15, 0.2) is 133 Å². The van der Waals surface area contributed by atoms with E-state index in [2.05, 4.69) is 76.9 Å². The average Bonchev–Trinajstić information content (AvgIpc) is 3.12. The summed E-state index contributed by atoms with van der Waals surface area (Å²) in [5.41, 5.74) is 7.64. The van der Waals surface area contributed by atoms with Crippen molar-refractivity contribution in [3.63, 3.8) is 0 Å². The molecule has 4 aromatic carbocycles. The van der Waals surface area contributed by atoms with Gasteiger partial charge in [0.2, 0.25) is 0 Å². The normalized spacial score (nSPS) is 12.5. The largest absolute Gasteiger partial charge is 0.356 e. The van der Waals surface area contributed by atoms with Gasteiger partial charge in [-0.25, -0.2) is 0 Å². The highest BCUT2D eigenvalue weighted by Crippen LogP contribution is 2.55. The van der Waals surface area contributed by atoms with Gasteiger partial charge in [0.25, 0.3) is 0 Å². The first-order chi connectivity index (χ1) is 16.2. The lowest BCUT2D eigenvalue weighted by molar-refractivity contribution is 0.541. The number of allylic oxidation sites excluding steroid dienone is 2. The van der Waals surface area contributed by atoms with E-state index >= 15 is 0 Å². The van der Waals surface area contributed by atoms with Crippen LogP contribution < -0.4 is 5.32 Å². The third-order valence-corrected chi connectivity index (χ3v) is 6.71. The van der Waals surface area contributed by atoms with Crippen molar-refractivity contribution >= 4 is 27.3 Å². The van der Waals surface area contributed by atoms with Gasteiger partial charge in [0.15, 0.2) is 0 Å². The molecule has 0 saturated heterocycles. The summed E-state index contributed by atoms with van der Waals surface area (Å²) in [6.45, 7) is 7.95. The summed E-state index contributed by atoms with van der Waals surface area (Å²) < 4.78 is 1.18. The molecule has 0 spiro atoms. The van der Waals surface area contributed by atoms with E-state index in [0.29, 0.717) is 0 Å². The van der Waals surface area contributed by atoms with E-state index in [9.17, 15) is 0 Å². The Bertz CT molecular complexity index is 1180. The Kier molecular flexibility index (Phi) is 7.26. The third-order valence-electron chi connectivity index (χ3n) is 6.05. The number of fused-ring (bicyclic) bond motifs is 3. The molecule has 0 bridgehead atoms. The Morgan fingerprint density at radius 2 is 1.15 bits per heavy atom. The number of benzene rings is 4. The summed E-state index contributed by atoms with van der Waals surface area (Å²) in [5, 5.41) is 3.30. The minimum absolute atomic E-state index is 0.0322. The first-order valence-corrected chi connectivity index (χ1v) is 12.0. The minimum atomic E-state index is -0.0322. The molecule has 2 heteroatoms. The van der Waals surface area contributed by atoms with E-state index in [-0.39, 0.29) is 5.41 Å². The summed E-state index contributed by atoms with van der Waals surface area (Å²) in [6, 6.07) is 35.4. The molecule has 1 aliphatic rings. The molecular formula is C31H28BrN. The fourth-order valence-corrected chi connectivity index (χ4v) is 5.46. The summed E-state index contributed by atoms with van der Waals surface area (Å²) in [4.78, 5) is 0. The second-order valence-electron chi connectivity index (χ2n) is 8.13. The number of anilines is 2. The van der Waals surface area contributed by atoms with Crippen molar-refractivity contribution < 1.29 is 0 Å². The number of halogens is 1. The van der Waals surface area contributed by atoms with Gasteiger partial charge in [-0.1, -0.05) is 101 Å². The highest BCUT2D eigenvalue weighted by Gasteiger charge is 2.42. The first kappa shape index (κ1) is 22.8. The SMILES string of the molecule is C=CCC1(CC=C)c2ccccc2-c2cccc(Br)c21.c1ccc(Nc2ccccc2)cc1. The standard InChI is InChI=1S/C19H17Br.C12H11N/c1-3-12-19(13-4-2)16-10-6-5-8-14(16)15-9-7-11-17(20)18(15)19;1-3-7-11(8-4-1)13-12-9-5-2-6-10-12/h3-11H,1-2,12-13H2;1-10,13H. The topological polar surface area (TPSA) is 12.0 Å². The van der Waals surface area contributed by atoms with Gasteiger partial charge < -0.3 is 5.32 Å². The van der Waals surface area contributed by atoms with Crippen LogP contribution in [0.5, 0.6) is 0 Å². The van der Waals surface area contributed by atoms with Crippen LogP contribution >= 0.6 is 15.9 Å². The molecule has 5 rings (SSSR count).